The van der Waals surface area contributed by atoms with Gasteiger partial charge in [-0.25, -0.2) is 0 Å². The van der Waals surface area contributed by atoms with Crippen LogP contribution < -0.4 is 0 Å². The van der Waals surface area contributed by atoms with Gasteiger partial charge in [0.15, 0.2) is 0 Å². The molecule has 2 heteroatoms. The van der Waals surface area contributed by atoms with Crippen LogP contribution in [-0.4, -0.2) is 10.9 Å². The molecule has 0 spiro atoms. The second kappa shape index (κ2) is 3.36. The highest BCUT2D eigenvalue weighted by Crippen LogP contribution is 1.98. The molecule has 1 N–H and O–H groups in total. The predicted octanol–water partition coefficient (Wildman–Crippen LogP) is 2.27. The molecule has 48 valence electrons. The standard InChI is InChI=1S/C7H8ClN/c8-4-1-2-7-3-5-9-6-7/h1-3,5-6,9H,4H2. The third-order valence-corrected chi connectivity index (χ3v) is 1.20. The molecule has 1 aromatic heterocycles. The summed E-state index contributed by atoms with van der Waals surface area (Å²) in [6.07, 6.45) is 7.69. The molecule has 0 aromatic carbocycles. The summed E-state index contributed by atoms with van der Waals surface area (Å²) < 4.78 is 0. The summed E-state index contributed by atoms with van der Waals surface area (Å²) in [5, 5.41) is 0. The second-order valence-corrected chi connectivity index (χ2v) is 2.01. The van der Waals surface area contributed by atoms with E-state index in [9.17, 15) is 0 Å². The molecule has 1 nitrogen and oxygen atoms in total. The SMILES string of the molecule is ClCC=Cc1cc[nH]c1. The molecule has 1 rings (SSSR count). The number of aromatic amines is 1. The molecule has 0 amide bonds. The fourth-order valence-electron chi connectivity index (χ4n) is 0.621. The minimum atomic E-state index is 0.575. The molecule has 0 unspecified atom stereocenters. The highest BCUT2D eigenvalue weighted by Gasteiger charge is 1.80. The van der Waals surface area contributed by atoms with E-state index in [-0.39, 0.29) is 0 Å². The minimum absolute atomic E-state index is 0.575. The molecule has 0 atom stereocenters. The topological polar surface area (TPSA) is 15.8 Å². The Hall–Kier alpha value is -0.690. The number of hydrogen-bond donors (Lipinski definition) is 1. The lowest BCUT2D eigenvalue weighted by Gasteiger charge is -1.78. The summed E-state index contributed by atoms with van der Waals surface area (Å²) in [4.78, 5) is 2.94. The number of allylic oxidation sites excluding steroid dienone is 1. The third-order valence-electron chi connectivity index (χ3n) is 1.02. The van der Waals surface area contributed by atoms with Gasteiger partial charge in [-0.2, -0.15) is 0 Å². The average molecular weight is 142 g/mol. The first-order valence-electron chi connectivity index (χ1n) is 2.79. The van der Waals surface area contributed by atoms with Crippen LogP contribution in [0.25, 0.3) is 6.08 Å². The third kappa shape index (κ3) is 1.94. The zero-order valence-electron chi connectivity index (χ0n) is 4.97. The molecule has 0 saturated heterocycles. The van der Waals surface area contributed by atoms with Crippen LogP contribution in [0.3, 0.4) is 0 Å². The van der Waals surface area contributed by atoms with Crippen LogP contribution in [-0.2, 0) is 0 Å². The van der Waals surface area contributed by atoms with Crippen LogP contribution in [0.4, 0.5) is 0 Å². The molecule has 0 saturated carbocycles. The van der Waals surface area contributed by atoms with Crippen molar-refractivity contribution in [3.8, 4) is 0 Å². The van der Waals surface area contributed by atoms with Gasteiger partial charge in [0, 0.05) is 18.3 Å². The molecule has 0 aliphatic carbocycles. The summed E-state index contributed by atoms with van der Waals surface area (Å²) >= 11 is 5.42. The molecule has 0 radical (unpaired) electrons. The molecule has 9 heavy (non-hydrogen) atoms. The number of aromatic nitrogens is 1. The van der Waals surface area contributed by atoms with E-state index in [0.717, 1.165) is 5.56 Å². The molecule has 0 aliphatic heterocycles. The first-order valence-corrected chi connectivity index (χ1v) is 3.32. The largest absolute Gasteiger partial charge is 0.367 e. The molecule has 0 bridgehead atoms. The van der Waals surface area contributed by atoms with Crippen LogP contribution in [0.5, 0.6) is 0 Å². The number of rotatable bonds is 2. The van der Waals surface area contributed by atoms with Gasteiger partial charge >= 0.3 is 0 Å². The Morgan fingerprint density at radius 1 is 1.67 bits per heavy atom. The van der Waals surface area contributed by atoms with Gasteiger partial charge < -0.3 is 4.98 Å². The van der Waals surface area contributed by atoms with Crippen molar-refractivity contribution in [3.63, 3.8) is 0 Å². The summed E-state index contributed by atoms with van der Waals surface area (Å²) in [5.41, 5.74) is 1.16. The number of alkyl halides is 1. The lowest BCUT2D eigenvalue weighted by Crippen LogP contribution is -1.61. The molecular weight excluding hydrogens is 134 g/mol. The van der Waals surface area contributed by atoms with Crippen LogP contribution in [0, 0.1) is 0 Å². The smallest absolute Gasteiger partial charge is 0.0407 e. The zero-order valence-corrected chi connectivity index (χ0v) is 5.73. The van der Waals surface area contributed by atoms with Gasteiger partial charge in [-0.1, -0.05) is 12.2 Å². The Morgan fingerprint density at radius 2 is 2.56 bits per heavy atom. The Balaban J connectivity index is 2.57. The summed E-state index contributed by atoms with van der Waals surface area (Å²) in [7, 11) is 0. The minimum Gasteiger partial charge on any atom is -0.367 e. The Bertz CT molecular complexity index is 177. The monoisotopic (exact) mass is 141 g/mol. The fourth-order valence-corrected chi connectivity index (χ4v) is 0.710. The van der Waals surface area contributed by atoms with Crippen LogP contribution in [0.15, 0.2) is 24.5 Å². The van der Waals surface area contributed by atoms with Gasteiger partial charge in [0.05, 0.1) is 0 Å². The summed E-state index contributed by atoms with van der Waals surface area (Å²) in [6.45, 7) is 0. The van der Waals surface area contributed by atoms with Gasteiger partial charge in [-0.05, 0) is 11.6 Å². The second-order valence-electron chi connectivity index (χ2n) is 1.70. The van der Waals surface area contributed by atoms with Gasteiger partial charge in [0.2, 0.25) is 0 Å². The zero-order chi connectivity index (χ0) is 6.53. The molecule has 0 aliphatic rings. The van der Waals surface area contributed by atoms with E-state index in [1.54, 1.807) is 0 Å². The van der Waals surface area contributed by atoms with Crippen molar-refractivity contribution in [2.75, 3.05) is 5.88 Å². The van der Waals surface area contributed by atoms with Crippen LogP contribution in [0.1, 0.15) is 5.56 Å². The first kappa shape index (κ1) is 6.43. The van der Waals surface area contributed by atoms with E-state index < -0.39 is 0 Å². The van der Waals surface area contributed by atoms with E-state index in [1.807, 2.05) is 30.6 Å². The Labute approximate surface area is 59.3 Å². The molecule has 1 heterocycles. The van der Waals surface area contributed by atoms with E-state index in [4.69, 9.17) is 11.6 Å². The van der Waals surface area contributed by atoms with Crippen LogP contribution >= 0.6 is 11.6 Å². The van der Waals surface area contributed by atoms with Crippen LogP contribution in [0.2, 0.25) is 0 Å². The van der Waals surface area contributed by atoms with Gasteiger partial charge in [-0.15, -0.1) is 11.6 Å². The summed E-state index contributed by atoms with van der Waals surface area (Å²) in [5.74, 6) is 0.575. The molecule has 0 fully saturated rings. The van der Waals surface area contributed by atoms with E-state index in [2.05, 4.69) is 4.98 Å². The fraction of sp³-hybridized carbons (Fsp3) is 0.143. The Kier molecular flexibility index (Phi) is 2.40. The van der Waals surface area contributed by atoms with Crippen molar-refractivity contribution in [3.05, 3.63) is 30.1 Å². The highest BCUT2D eigenvalue weighted by molar-refractivity contribution is 6.19. The lowest BCUT2D eigenvalue weighted by atomic mass is 10.3. The maximum atomic E-state index is 5.42. The lowest BCUT2D eigenvalue weighted by molar-refractivity contribution is 1.41. The van der Waals surface area contributed by atoms with Crippen molar-refractivity contribution >= 4 is 17.7 Å². The van der Waals surface area contributed by atoms with Crippen molar-refractivity contribution in [2.45, 2.75) is 0 Å². The number of halogens is 1. The van der Waals surface area contributed by atoms with Crippen molar-refractivity contribution < 1.29 is 0 Å². The maximum Gasteiger partial charge on any atom is 0.0407 e. The highest BCUT2D eigenvalue weighted by atomic mass is 35.5. The number of H-pyrrole nitrogens is 1. The van der Waals surface area contributed by atoms with E-state index in [1.165, 1.54) is 0 Å². The van der Waals surface area contributed by atoms with E-state index >= 15 is 0 Å². The van der Waals surface area contributed by atoms with Gasteiger partial charge in [-0.3, -0.25) is 0 Å². The first-order chi connectivity index (χ1) is 4.43. The summed E-state index contributed by atoms with van der Waals surface area (Å²) in [6, 6.07) is 1.99. The quantitative estimate of drug-likeness (QED) is 0.609. The molecular formula is C7H8ClN. The van der Waals surface area contributed by atoms with Crippen molar-refractivity contribution in [2.24, 2.45) is 0 Å². The molecule has 1 aromatic rings. The average Bonchev–Trinajstić information content (AvgIpc) is 2.34. The number of hydrogen-bond acceptors (Lipinski definition) is 0. The normalized spacial score (nSPS) is 10.8. The Morgan fingerprint density at radius 3 is 3.11 bits per heavy atom. The number of nitrogens with one attached hydrogen (secondary N) is 1. The van der Waals surface area contributed by atoms with Crippen molar-refractivity contribution in [1.82, 2.24) is 4.98 Å². The van der Waals surface area contributed by atoms with Gasteiger partial charge in [0.1, 0.15) is 0 Å². The van der Waals surface area contributed by atoms with E-state index in [0.29, 0.717) is 5.88 Å². The predicted molar refractivity (Wildman–Crippen MR) is 40.5 cm³/mol. The van der Waals surface area contributed by atoms with Gasteiger partial charge in [0.25, 0.3) is 0 Å². The van der Waals surface area contributed by atoms with Crippen molar-refractivity contribution in [1.29, 1.82) is 0 Å². The maximum absolute atomic E-state index is 5.42.